The van der Waals surface area contributed by atoms with E-state index in [4.69, 9.17) is 4.99 Å². The first-order chi connectivity index (χ1) is 14.0. The SMILES string of the molecule is CCNC(=NCCN1CCc2ccccc2C1)N(C)Cc1cn(C)nc1C(C)C. The second kappa shape index (κ2) is 9.92. The van der Waals surface area contributed by atoms with E-state index >= 15 is 0 Å². The van der Waals surface area contributed by atoms with E-state index in [9.17, 15) is 0 Å². The zero-order chi connectivity index (χ0) is 20.8. The lowest BCUT2D eigenvalue weighted by molar-refractivity contribution is 0.261. The van der Waals surface area contributed by atoms with Crippen LogP contribution in [0.3, 0.4) is 0 Å². The van der Waals surface area contributed by atoms with Gasteiger partial charge in [-0.05, 0) is 30.4 Å². The van der Waals surface area contributed by atoms with Crippen molar-refractivity contribution < 1.29 is 0 Å². The van der Waals surface area contributed by atoms with E-state index in [-0.39, 0.29) is 0 Å². The van der Waals surface area contributed by atoms with E-state index in [2.05, 4.69) is 78.5 Å². The molecule has 0 aliphatic carbocycles. The summed E-state index contributed by atoms with van der Waals surface area (Å²) >= 11 is 0. The van der Waals surface area contributed by atoms with Crippen LogP contribution in [-0.4, -0.2) is 58.8 Å². The fourth-order valence-corrected chi connectivity index (χ4v) is 4.01. The van der Waals surface area contributed by atoms with E-state index in [0.717, 1.165) is 51.6 Å². The highest BCUT2D eigenvalue weighted by molar-refractivity contribution is 5.79. The van der Waals surface area contributed by atoms with E-state index in [1.165, 1.54) is 22.4 Å². The van der Waals surface area contributed by atoms with Crippen LogP contribution >= 0.6 is 0 Å². The monoisotopic (exact) mass is 396 g/mol. The van der Waals surface area contributed by atoms with E-state index in [1.54, 1.807) is 0 Å². The van der Waals surface area contributed by atoms with Crippen LogP contribution in [0.15, 0.2) is 35.5 Å². The van der Waals surface area contributed by atoms with Gasteiger partial charge in [0.1, 0.15) is 0 Å². The van der Waals surface area contributed by atoms with Crippen molar-refractivity contribution in [2.24, 2.45) is 12.0 Å². The Morgan fingerprint density at radius 1 is 1.28 bits per heavy atom. The van der Waals surface area contributed by atoms with Gasteiger partial charge in [-0.25, -0.2) is 0 Å². The van der Waals surface area contributed by atoms with E-state index in [0.29, 0.717) is 5.92 Å². The van der Waals surface area contributed by atoms with Crippen LogP contribution in [0.2, 0.25) is 0 Å². The molecule has 0 saturated carbocycles. The number of benzene rings is 1. The highest BCUT2D eigenvalue weighted by Gasteiger charge is 2.17. The van der Waals surface area contributed by atoms with E-state index in [1.807, 2.05) is 11.7 Å². The number of aliphatic imine (C=N–C) groups is 1. The third-order valence-electron chi connectivity index (χ3n) is 5.48. The zero-order valence-corrected chi connectivity index (χ0v) is 18.6. The Morgan fingerprint density at radius 2 is 2.03 bits per heavy atom. The molecule has 6 heteroatoms. The van der Waals surface area contributed by atoms with Gasteiger partial charge in [0, 0.05) is 58.6 Å². The van der Waals surface area contributed by atoms with Crippen LogP contribution in [0.1, 0.15) is 49.1 Å². The molecule has 158 valence electrons. The van der Waals surface area contributed by atoms with Gasteiger partial charge in [0.15, 0.2) is 5.96 Å². The maximum atomic E-state index is 4.90. The predicted octanol–water partition coefficient (Wildman–Crippen LogP) is 3.00. The van der Waals surface area contributed by atoms with Gasteiger partial charge in [0.05, 0.1) is 12.2 Å². The fraction of sp³-hybridized carbons (Fsp3) is 0.565. The lowest BCUT2D eigenvalue weighted by atomic mass is 10.00. The second-order valence-electron chi connectivity index (χ2n) is 8.25. The van der Waals surface area contributed by atoms with Crippen molar-refractivity contribution >= 4 is 5.96 Å². The standard InChI is InChI=1S/C23H36N6/c1-6-24-23(27(4)15-21-16-28(5)26-22(21)18(2)3)25-12-14-29-13-11-19-9-7-8-10-20(19)17-29/h7-10,16,18H,6,11-15,17H2,1-5H3,(H,24,25). The van der Waals surface area contributed by atoms with E-state index < -0.39 is 0 Å². The van der Waals surface area contributed by atoms with Gasteiger partial charge in [-0.1, -0.05) is 38.1 Å². The van der Waals surface area contributed by atoms with Crippen molar-refractivity contribution in [1.29, 1.82) is 0 Å². The molecule has 0 saturated heterocycles. The first kappa shape index (κ1) is 21.4. The summed E-state index contributed by atoms with van der Waals surface area (Å²) in [4.78, 5) is 9.62. The third kappa shape index (κ3) is 5.60. The average molecular weight is 397 g/mol. The summed E-state index contributed by atoms with van der Waals surface area (Å²) in [5.74, 6) is 1.38. The van der Waals surface area contributed by atoms with Gasteiger partial charge < -0.3 is 10.2 Å². The first-order valence-electron chi connectivity index (χ1n) is 10.8. The van der Waals surface area contributed by atoms with Crippen LogP contribution in [0.5, 0.6) is 0 Å². The number of hydrogen-bond acceptors (Lipinski definition) is 3. The quantitative estimate of drug-likeness (QED) is 0.577. The Morgan fingerprint density at radius 3 is 2.76 bits per heavy atom. The molecule has 3 rings (SSSR count). The molecule has 0 atom stereocenters. The van der Waals surface area contributed by atoms with Gasteiger partial charge >= 0.3 is 0 Å². The fourth-order valence-electron chi connectivity index (χ4n) is 4.01. The number of fused-ring (bicyclic) bond motifs is 1. The summed E-state index contributed by atoms with van der Waals surface area (Å²) < 4.78 is 1.91. The number of rotatable bonds is 7. The van der Waals surface area contributed by atoms with Crippen molar-refractivity contribution in [3.8, 4) is 0 Å². The molecule has 29 heavy (non-hydrogen) atoms. The molecular weight excluding hydrogens is 360 g/mol. The molecule has 0 bridgehead atoms. The minimum Gasteiger partial charge on any atom is -0.357 e. The van der Waals surface area contributed by atoms with Gasteiger partial charge in [-0.3, -0.25) is 14.6 Å². The molecule has 0 amide bonds. The number of guanidine groups is 1. The summed E-state index contributed by atoms with van der Waals surface area (Å²) in [5.41, 5.74) is 5.40. The Kier molecular flexibility index (Phi) is 7.31. The topological polar surface area (TPSA) is 48.7 Å². The number of aromatic nitrogens is 2. The molecule has 2 aromatic rings. The number of nitrogens with one attached hydrogen (secondary N) is 1. The lowest BCUT2D eigenvalue weighted by Crippen LogP contribution is -2.39. The number of hydrogen-bond donors (Lipinski definition) is 1. The maximum Gasteiger partial charge on any atom is 0.194 e. The smallest absolute Gasteiger partial charge is 0.194 e. The predicted molar refractivity (Wildman–Crippen MR) is 120 cm³/mol. The largest absolute Gasteiger partial charge is 0.357 e. The zero-order valence-electron chi connectivity index (χ0n) is 18.6. The molecule has 1 aliphatic rings. The summed E-state index contributed by atoms with van der Waals surface area (Å²) in [6.45, 7) is 12.1. The lowest BCUT2D eigenvalue weighted by Gasteiger charge is -2.28. The summed E-state index contributed by atoms with van der Waals surface area (Å²) in [7, 11) is 4.10. The van der Waals surface area contributed by atoms with Crippen molar-refractivity contribution in [3.05, 3.63) is 52.8 Å². The van der Waals surface area contributed by atoms with Crippen LogP contribution in [-0.2, 0) is 26.6 Å². The molecular formula is C23H36N6. The third-order valence-corrected chi connectivity index (χ3v) is 5.48. The van der Waals surface area contributed by atoms with Gasteiger partial charge in [-0.15, -0.1) is 0 Å². The molecule has 0 spiro atoms. The normalized spacial score (nSPS) is 14.9. The Hall–Kier alpha value is -2.34. The highest BCUT2D eigenvalue weighted by atomic mass is 15.3. The summed E-state index contributed by atoms with van der Waals surface area (Å²) in [5, 5.41) is 8.08. The molecule has 1 aliphatic heterocycles. The number of nitrogens with zero attached hydrogens (tertiary/aromatic N) is 5. The van der Waals surface area contributed by atoms with Crippen LogP contribution in [0, 0.1) is 0 Å². The van der Waals surface area contributed by atoms with Gasteiger partial charge in [0.25, 0.3) is 0 Å². The number of aryl methyl sites for hydroxylation is 1. The molecule has 2 heterocycles. The Balaban J connectivity index is 1.59. The van der Waals surface area contributed by atoms with Crippen LogP contribution in [0.25, 0.3) is 0 Å². The molecule has 1 aromatic heterocycles. The molecule has 1 aromatic carbocycles. The first-order valence-corrected chi connectivity index (χ1v) is 10.8. The molecule has 1 N–H and O–H groups in total. The maximum absolute atomic E-state index is 4.90. The van der Waals surface area contributed by atoms with Crippen molar-refractivity contribution in [2.75, 3.05) is 33.2 Å². The average Bonchev–Trinajstić information content (AvgIpc) is 3.07. The van der Waals surface area contributed by atoms with Crippen molar-refractivity contribution in [2.45, 2.75) is 46.2 Å². The van der Waals surface area contributed by atoms with Crippen LogP contribution < -0.4 is 5.32 Å². The molecule has 0 fully saturated rings. The van der Waals surface area contributed by atoms with Crippen molar-refractivity contribution in [1.82, 2.24) is 24.9 Å². The highest BCUT2D eigenvalue weighted by Crippen LogP contribution is 2.19. The van der Waals surface area contributed by atoms with Crippen LogP contribution in [0.4, 0.5) is 0 Å². The summed E-state index contributed by atoms with van der Waals surface area (Å²) in [6, 6.07) is 8.79. The summed E-state index contributed by atoms with van der Waals surface area (Å²) in [6.07, 6.45) is 3.26. The minimum atomic E-state index is 0.418. The van der Waals surface area contributed by atoms with Gasteiger partial charge in [-0.2, -0.15) is 5.10 Å². The Labute approximate surface area is 175 Å². The molecule has 0 unspecified atom stereocenters. The van der Waals surface area contributed by atoms with Crippen molar-refractivity contribution in [3.63, 3.8) is 0 Å². The minimum absolute atomic E-state index is 0.418. The molecule has 6 nitrogen and oxygen atoms in total. The molecule has 0 radical (unpaired) electrons. The second-order valence-corrected chi connectivity index (χ2v) is 8.25. The Bertz CT molecular complexity index is 823. The van der Waals surface area contributed by atoms with Gasteiger partial charge in [0.2, 0.25) is 0 Å².